The molecule has 11 nitrogen and oxygen atoms in total. The number of carbonyl (C=O) groups is 1. The fourth-order valence-corrected chi connectivity index (χ4v) is 3.92. The number of nitrogens with one attached hydrogen (secondary N) is 2. The van der Waals surface area contributed by atoms with Gasteiger partial charge in [-0.05, 0) is 70.4 Å². The molecule has 1 amide bonds. The van der Waals surface area contributed by atoms with Gasteiger partial charge >= 0.3 is 0 Å². The Labute approximate surface area is 220 Å². The topological polar surface area (TPSA) is 134 Å². The molecule has 37 heavy (non-hydrogen) atoms. The lowest BCUT2D eigenvalue weighted by atomic mass is 10.2. The number of amides is 1. The summed E-state index contributed by atoms with van der Waals surface area (Å²) in [7, 11) is 0. The highest BCUT2D eigenvalue weighted by Crippen LogP contribution is 2.37. The van der Waals surface area contributed by atoms with Gasteiger partial charge in [-0.25, -0.2) is 5.43 Å². The van der Waals surface area contributed by atoms with E-state index in [1.54, 1.807) is 42.5 Å². The number of non-ortho nitro benzene ring substituents is 1. The summed E-state index contributed by atoms with van der Waals surface area (Å²) in [5.74, 6) is 1.92. The van der Waals surface area contributed by atoms with Crippen LogP contribution in [0.1, 0.15) is 18.1 Å². The Balaban J connectivity index is 1.34. The van der Waals surface area contributed by atoms with Crippen molar-refractivity contribution >= 4 is 39.4 Å². The van der Waals surface area contributed by atoms with E-state index >= 15 is 0 Å². The number of fused-ring (bicyclic) bond motifs is 1. The third kappa shape index (κ3) is 6.88. The van der Waals surface area contributed by atoms with Crippen molar-refractivity contribution in [2.45, 2.75) is 13.5 Å². The molecule has 0 unspecified atom stereocenters. The molecule has 1 heterocycles. The monoisotopic (exact) mass is 570 g/mol. The minimum atomic E-state index is -0.451. The van der Waals surface area contributed by atoms with E-state index in [0.29, 0.717) is 39.6 Å². The Kier molecular flexibility index (Phi) is 8.41. The molecule has 0 saturated heterocycles. The molecule has 0 fully saturated rings. The summed E-state index contributed by atoms with van der Waals surface area (Å²) in [5, 5.41) is 17.8. The average Bonchev–Trinajstić information content (AvgIpc) is 3.35. The van der Waals surface area contributed by atoms with Crippen LogP contribution in [0.4, 0.5) is 11.4 Å². The van der Waals surface area contributed by atoms with Crippen molar-refractivity contribution in [3.05, 3.63) is 80.3 Å². The number of rotatable bonds is 11. The average molecular weight is 571 g/mol. The van der Waals surface area contributed by atoms with Crippen molar-refractivity contribution in [1.82, 2.24) is 5.43 Å². The number of nitrogens with zero attached hydrogens (tertiary/aromatic N) is 2. The van der Waals surface area contributed by atoms with Gasteiger partial charge in [0.1, 0.15) is 6.61 Å². The molecule has 1 aliphatic rings. The Hall–Kier alpha value is -4.32. The van der Waals surface area contributed by atoms with Gasteiger partial charge in [-0.1, -0.05) is 0 Å². The highest BCUT2D eigenvalue weighted by Gasteiger charge is 2.14. The predicted octanol–water partition coefficient (Wildman–Crippen LogP) is 4.63. The zero-order valence-corrected chi connectivity index (χ0v) is 21.3. The van der Waals surface area contributed by atoms with Gasteiger partial charge in [0, 0.05) is 23.9 Å². The lowest BCUT2D eigenvalue weighted by molar-refractivity contribution is -0.384. The highest BCUT2D eigenvalue weighted by molar-refractivity contribution is 9.10. The largest absolute Gasteiger partial charge is 0.490 e. The van der Waals surface area contributed by atoms with E-state index in [9.17, 15) is 14.9 Å². The summed E-state index contributed by atoms with van der Waals surface area (Å²) >= 11 is 3.49. The second-order valence-electron chi connectivity index (χ2n) is 7.69. The molecule has 2 N–H and O–H groups in total. The Bertz CT molecular complexity index is 1320. The molecule has 0 aliphatic carbocycles. The molecule has 12 heteroatoms. The van der Waals surface area contributed by atoms with Crippen LogP contribution >= 0.6 is 15.9 Å². The van der Waals surface area contributed by atoms with Crippen LogP contribution < -0.4 is 29.7 Å². The van der Waals surface area contributed by atoms with E-state index < -0.39 is 4.92 Å². The molecular weight excluding hydrogens is 548 g/mol. The van der Waals surface area contributed by atoms with Crippen LogP contribution in [0.15, 0.2) is 64.2 Å². The molecule has 4 rings (SSSR count). The molecule has 3 aromatic rings. The number of hydrogen-bond donors (Lipinski definition) is 2. The summed E-state index contributed by atoms with van der Waals surface area (Å²) in [4.78, 5) is 22.6. The Morgan fingerprint density at radius 1 is 1.14 bits per heavy atom. The number of nitro benzene ring substituents is 1. The maximum absolute atomic E-state index is 12.2. The smallest absolute Gasteiger partial charge is 0.269 e. The van der Waals surface area contributed by atoms with Crippen molar-refractivity contribution in [2.75, 3.05) is 25.3 Å². The fourth-order valence-electron chi connectivity index (χ4n) is 3.34. The predicted molar refractivity (Wildman–Crippen MR) is 140 cm³/mol. The number of carbonyl (C=O) groups excluding carboxylic acids is 1. The van der Waals surface area contributed by atoms with Gasteiger partial charge in [-0.15, -0.1) is 0 Å². The van der Waals surface area contributed by atoms with Gasteiger partial charge in [-0.2, -0.15) is 5.10 Å². The zero-order chi connectivity index (χ0) is 26.2. The second-order valence-corrected chi connectivity index (χ2v) is 8.54. The van der Waals surface area contributed by atoms with Crippen LogP contribution in [0.2, 0.25) is 0 Å². The summed E-state index contributed by atoms with van der Waals surface area (Å²) in [5.41, 5.74) is 4.64. The lowest BCUT2D eigenvalue weighted by Crippen LogP contribution is -2.25. The van der Waals surface area contributed by atoms with Crippen LogP contribution in [0.25, 0.3) is 0 Å². The molecular formula is C25H23BrN4O7. The first-order valence-electron chi connectivity index (χ1n) is 11.2. The van der Waals surface area contributed by atoms with E-state index in [0.717, 1.165) is 11.3 Å². The van der Waals surface area contributed by atoms with Crippen LogP contribution in [-0.2, 0) is 11.4 Å². The third-order valence-corrected chi connectivity index (χ3v) is 5.68. The molecule has 0 radical (unpaired) electrons. The number of hydrogen-bond acceptors (Lipinski definition) is 9. The number of hydrazone groups is 1. The van der Waals surface area contributed by atoms with E-state index in [-0.39, 0.29) is 31.5 Å². The van der Waals surface area contributed by atoms with Gasteiger partial charge in [-0.3, -0.25) is 14.9 Å². The van der Waals surface area contributed by atoms with Crippen molar-refractivity contribution in [3.8, 4) is 23.0 Å². The molecule has 0 aromatic heterocycles. The quantitative estimate of drug-likeness (QED) is 0.194. The SMILES string of the molecule is CCOc1cc(/C=N/NC(=O)CNc2ccc3c(c2)OCO3)cc(Br)c1OCc1ccc([N+](=O)[O-])cc1. The fraction of sp³-hybridized carbons (Fsp3) is 0.200. The summed E-state index contributed by atoms with van der Waals surface area (Å²) in [6, 6.07) is 15.0. The van der Waals surface area contributed by atoms with Gasteiger partial charge in [0.2, 0.25) is 6.79 Å². The maximum atomic E-state index is 12.2. The van der Waals surface area contributed by atoms with Crippen LogP contribution in [0, 0.1) is 10.1 Å². The molecule has 0 bridgehead atoms. The van der Waals surface area contributed by atoms with E-state index in [1.807, 2.05) is 6.92 Å². The summed E-state index contributed by atoms with van der Waals surface area (Å²) in [6.45, 7) is 2.64. The van der Waals surface area contributed by atoms with Crippen molar-refractivity contribution in [2.24, 2.45) is 5.10 Å². The third-order valence-electron chi connectivity index (χ3n) is 5.09. The highest BCUT2D eigenvalue weighted by atomic mass is 79.9. The van der Waals surface area contributed by atoms with Crippen LogP contribution in [-0.4, -0.2) is 37.0 Å². The summed E-state index contributed by atoms with van der Waals surface area (Å²) < 4.78 is 22.9. The van der Waals surface area contributed by atoms with Crippen molar-refractivity contribution in [3.63, 3.8) is 0 Å². The van der Waals surface area contributed by atoms with Crippen molar-refractivity contribution < 1.29 is 28.7 Å². The number of anilines is 1. The van der Waals surface area contributed by atoms with Gasteiger partial charge < -0.3 is 24.3 Å². The van der Waals surface area contributed by atoms with Crippen LogP contribution in [0.3, 0.4) is 0 Å². The molecule has 3 aromatic carbocycles. The molecule has 1 aliphatic heterocycles. The molecule has 0 atom stereocenters. The minimum Gasteiger partial charge on any atom is -0.490 e. The van der Waals surface area contributed by atoms with E-state index in [2.05, 4.69) is 31.8 Å². The lowest BCUT2D eigenvalue weighted by Gasteiger charge is -2.14. The first kappa shape index (κ1) is 25.8. The Morgan fingerprint density at radius 2 is 1.92 bits per heavy atom. The molecule has 192 valence electrons. The molecule has 0 spiro atoms. The number of ether oxygens (including phenoxy) is 4. The first-order chi connectivity index (χ1) is 17.9. The zero-order valence-electron chi connectivity index (χ0n) is 19.7. The minimum absolute atomic E-state index is 0.0133. The maximum Gasteiger partial charge on any atom is 0.269 e. The Morgan fingerprint density at radius 3 is 2.68 bits per heavy atom. The normalized spacial score (nSPS) is 11.8. The van der Waals surface area contributed by atoms with Gasteiger partial charge in [0.25, 0.3) is 11.6 Å². The molecule has 0 saturated carbocycles. The van der Waals surface area contributed by atoms with Crippen molar-refractivity contribution in [1.29, 1.82) is 0 Å². The van der Waals surface area contributed by atoms with E-state index in [4.69, 9.17) is 18.9 Å². The number of nitro groups is 1. The number of benzene rings is 3. The second kappa shape index (κ2) is 12.1. The number of halogens is 1. The van der Waals surface area contributed by atoms with Gasteiger partial charge in [0.15, 0.2) is 23.0 Å². The van der Waals surface area contributed by atoms with Gasteiger partial charge in [0.05, 0.1) is 28.8 Å². The standard InChI is InChI=1S/C25H23BrN4O7/c1-2-34-23-10-17(9-20(26)25(23)35-14-16-3-6-19(7-4-16)30(32)33)12-28-29-24(31)13-27-18-5-8-21-22(11-18)37-15-36-21/h3-12,27H,2,13-15H2,1H3,(H,29,31)/b28-12+. The van der Waals surface area contributed by atoms with E-state index in [1.165, 1.54) is 18.3 Å². The first-order valence-corrected chi connectivity index (χ1v) is 12.0. The summed E-state index contributed by atoms with van der Waals surface area (Å²) in [6.07, 6.45) is 1.49. The van der Waals surface area contributed by atoms with Crippen LogP contribution in [0.5, 0.6) is 23.0 Å².